The van der Waals surface area contributed by atoms with Crippen LogP contribution < -0.4 is 5.32 Å². The van der Waals surface area contributed by atoms with E-state index in [0.717, 1.165) is 6.07 Å². The van der Waals surface area contributed by atoms with Crippen molar-refractivity contribution in [1.29, 1.82) is 0 Å². The van der Waals surface area contributed by atoms with Gasteiger partial charge in [-0.15, -0.1) is 0 Å². The number of nitrogens with zero attached hydrogens (tertiary/aromatic N) is 5. The third-order valence-corrected chi connectivity index (χ3v) is 7.01. The molecule has 11 nitrogen and oxygen atoms in total. The molecule has 43 heavy (non-hydrogen) atoms. The summed E-state index contributed by atoms with van der Waals surface area (Å²) in [4.78, 5) is 36.4. The van der Waals surface area contributed by atoms with Crippen molar-refractivity contribution in [3.63, 3.8) is 0 Å². The molecule has 1 aromatic carbocycles. The van der Waals surface area contributed by atoms with Crippen LogP contribution in [0.25, 0.3) is 21.8 Å². The van der Waals surface area contributed by atoms with Crippen molar-refractivity contribution in [2.75, 3.05) is 26.1 Å². The molecule has 0 radical (unpaired) electrons. The minimum absolute atomic E-state index is 0.0685. The maximum absolute atomic E-state index is 14.0. The number of fused-ring (bicyclic) bond motifs is 4. The molecule has 3 aromatic heterocycles. The normalized spacial score (nSPS) is 15.4. The topological polar surface area (TPSA) is 121 Å². The standard InChI is InChI=1S/C29H31F3N6O5/c1-28(2,3)43-27(40)36-25-19-11-33-38(5)24(19)18-10-17(15(12-41-6)9-20(18)35-25)26(39)37(4)22-14-42-13-21-16(22)7-8-23(34-21)29(30,31)32/h7-11,22H,12-14H2,1-6H3,(H,35,36,40)/t22-/m1/s1. The number of methoxy groups -OCH3 is 1. The molecule has 0 spiro atoms. The van der Waals surface area contributed by atoms with Crippen LogP contribution in [0, 0.1) is 0 Å². The number of hydrogen-bond donors (Lipinski definition) is 1. The molecule has 1 N–H and O–H groups in total. The van der Waals surface area contributed by atoms with Gasteiger partial charge in [-0.25, -0.2) is 14.8 Å². The highest BCUT2D eigenvalue weighted by Gasteiger charge is 2.36. The zero-order valence-corrected chi connectivity index (χ0v) is 24.5. The number of alkyl halides is 3. The Morgan fingerprint density at radius 2 is 1.91 bits per heavy atom. The first kappa shape index (κ1) is 30.2. The van der Waals surface area contributed by atoms with E-state index in [-0.39, 0.29) is 31.3 Å². The Bertz CT molecular complexity index is 1730. The molecule has 1 aliphatic rings. The number of rotatable bonds is 5. The molecule has 4 heterocycles. The van der Waals surface area contributed by atoms with Gasteiger partial charge in [0, 0.05) is 37.7 Å². The smallest absolute Gasteiger partial charge is 0.433 e. The summed E-state index contributed by atoms with van der Waals surface area (Å²) in [5.41, 5.74) is 0.797. The van der Waals surface area contributed by atoms with Crippen LogP contribution in [-0.2, 0) is 40.6 Å². The largest absolute Gasteiger partial charge is 0.444 e. The van der Waals surface area contributed by atoms with Crippen molar-refractivity contribution >= 4 is 39.6 Å². The lowest BCUT2D eigenvalue weighted by atomic mass is 9.98. The number of hydrogen-bond acceptors (Lipinski definition) is 8. The van der Waals surface area contributed by atoms with Crippen LogP contribution in [0.5, 0.6) is 0 Å². The van der Waals surface area contributed by atoms with Crippen molar-refractivity contribution < 1.29 is 37.0 Å². The lowest BCUT2D eigenvalue weighted by Crippen LogP contribution is -2.37. The summed E-state index contributed by atoms with van der Waals surface area (Å²) < 4.78 is 57.7. The van der Waals surface area contributed by atoms with E-state index in [1.54, 1.807) is 57.9 Å². The molecule has 5 rings (SSSR count). The molecule has 14 heteroatoms. The minimum atomic E-state index is -4.60. The van der Waals surface area contributed by atoms with Crippen LogP contribution in [0.1, 0.15) is 59.7 Å². The molecular weight excluding hydrogens is 569 g/mol. The third-order valence-electron chi connectivity index (χ3n) is 7.01. The van der Waals surface area contributed by atoms with Crippen LogP contribution in [0.4, 0.5) is 23.8 Å². The molecule has 228 valence electrons. The van der Waals surface area contributed by atoms with Gasteiger partial charge in [0.25, 0.3) is 5.91 Å². The maximum Gasteiger partial charge on any atom is 0.433 e. The second-order valence-electron chi connectivity index (χ2n) is 11.3. The van der Waals surface area contributed by atoms with Gasteiger partial charge in [-0.1, -0.05) is 6.07 Å². The summed E-state index contributed by atoms with van der Waals surface area (Å²) in [6.45, 7) is 5.32. The number of aromatic nitrogens is 4. The molecule has 2 amide bonds. The highest BCUT2D eigenvalue weighted by Crippen LogP contribution is 2.36. The number of benzene rings is 1. The van der Waals surface area contributed by atoms with Crippen molar-refractivity contribution in [3.8, 4) is 0 Å². The summed E-state index contributed by atoms with van der Waals surface area (Å²) in [5.74, 6) is -0.160. The van der Waals surface area contributed by atoms with Gasteiger partial charge in [-0.3, -0.25) is 14.8 Å². The van der Waals surface area contributed by atoms with Gasteiger partial charge in [0.1, 0.15) is 17.1 Å². The third kappa shape index (κ3) is 5.97. The SMILES string of the molecule is COCc1cc2nc(NC(=O)OC(C)(C)C)c3cnn(C)c3c2cc1C(=O)N(C)[C@@H]1COCc2nc(C(F)(F)F)ccc21. The fraction of sp³-hybridized carbons (Fsp3) is 0.414. The number of carbonyl (C=O) groups is 2. The fourth-order valence-electron chi connectivity index (χ4n) is 5.09. The number of halogens is 3. The van der Waals surface area contributed by atoms with E-state index >= 15 is 0 Å². The quantitative estimate of drug-likeness (QED) is 0.325. The number of likely N-dealkylation sites (N-methyl/N-ethyl adjacent to an activating group) is 1. The molecule has 0 aliphatic carbocycles. The van der Waals surface area contributed by atoms with E-state index in [9.17, 15) is 22.8 Å². The van der Waals surface area contributed by atoms with Gasteiger partial charge in [0.05, 0.1) is 54.2 Å². The second-order valence-corrected chi connectivity index (χ2v) is 11.3. The monoisotopic (exact) mass is 600 g/mol. The lowest BCUT2D eigenvalue weighted by Gasteiger charge is -2.33. The number of aryl methyl sites for hydroxylation is 1. The molecule has 1 aliphatic heterocycles. The Morgan fingerprint density at radius 3 is 2.58 bits per heavy atom. The Morgan fingerprint density at radius 1 is 1.16 bits per heavy atom. The van der Waals surface area contributed by atoms with Crippen molar-refractivity contribution in [3.05, 3.63) is 58.5 Å². The Labute approximate surface area is 244 Å². The summed E-state index contributed by atoms with van der Waals surface area (Å²) in [6, 6.07) is 4.98. The van der Waals surface area contributed by atoms with E-state index in [2.05, 4.69) is 20.4 Å². The van der Waals surface area contributed by atoms with E-state index in [1.165, 1.54) is 18.1 Å². The van der Waals surface area contributed by atoms with Gasteiger partial charge in [-0.2, -0.15) is 18.3 Å². The fourth-order valence-corrected chi connectivity index (χ4v) is 5.09. The zero-order valence-electron chi connectivity index (χ0n) is 24.5. The highest BCUT2D eigenvalue weighted by molar-refractivity contribution is 6.12. The number of anilines is 1. The van der Waals surface area contributed by atoms with Gasteiger partial charge in [0.15, 0.2) is 0 Å². The predicted octanol–water partition coefficient (Wildman–Crippen LogP) is 5.37. The Balaban J connectivity index is 1.57. The molecule has 4 aromatic rings. The molecule has 0 saturated heterocycles. The molecule has 0 fully saturated rings. The number of carbonyl (C=O) groups excluding carboxylic acids is 2. The van der Waals surface area contributed by atoms with E-state index < -0.39 is 35.5 Å². The number of nitrogens with one attached hydrogen (secondary N) is 1. The minimum Gasteiger partial charge on any atom is -0.444 e. The van der Waals surface area contributed by atoms with Crippen molar-refractivity contribution in [2.45, 2.75) is 51.8 Å². The molecular formula is C29H31F3N6O5. The lowest BCUT2D eigenvalue weighted by molar-refractivity contribution is -0.141. The molecule has 0 unspecified atom stereocenters. The highest BCUT2D eigenvalue weighted by atomic mass is 19.4. The number of pyridine rings is 2. The Hall–Kier alpha value is -4.30. The number of amides is 2. The molecule has 1 atom stereocenters. The molecule has 0 bridgehead atoms. The second kappa shape index (κ2) is 11.1. The first-order valence-corrected chi connectivity index (χ1v) is 13.4. The summed E-state index contributed by atoms with van der Waals surface area (Å²) >= 11 is 0. The molecule has 0 saturated carbocycles. The van der Waals surface area contributed by atoms with Gasteiger partial charge in [-0.05, 0) is 44.5 Å². The van der Waals surface area contributed by atoms with Crippen LogP contribution in [-0.4, -0.2) is 63.0 Å². The first-order chi connectivity index (χ1) is 20.2. The average molecular weight is 601 g/mol. The predicted molar refractivity (Wildman–Crippen MR) is 150 cm³/mol. The van der Waals surface area contributed by atoms with Crippen LogP contribution in [0.15, 0.2) is 30.5 Å². The van der Waals surface area contributed by atoms with Gasteiger partial charge >= 0.3 is 12.3 Å². The zero-order chi connectivity index (χ0) is 31.3. The number of ether oxygens (including phenoxy) is 3. The van der Waals surface area contributed by atoms with Crippen LogP contribution >= 0.6 is 0 Å². The van der Waals surface area contributed by atoms with Crippen LogP contribution in [0.3, 0.4) is 0 Å². The van der Waals surface area contributed by atoms with Crippen molar-refractivity contribution in [2.24, 2.45) is 7.05 Å². The first-order valence-electron chi connectivity index (χ1n) is 13.4. The Kier molecular flexibility index (Phi) is 7.77. The summed E-state index contributed by atoms with van der Waals surface area (Å²) in [5, 5.41) is 8.17. The maximum atomic E-state index is 14.0. The van der Waals surface area contributed by atoms with Gasteiger partial charge < -0.3 is 19.1 Å². The summed E-state index contributed by atoms with van der Waals surface area (Å²) in [7, 11) is 4.79. The average Bonchev–Trinajstić information content (AvgIpc) is 3.32. The van der Waals surface area contributed by atoms with Gasteiger partial charge in [0.2, 0.25) is 0 Å². The van der Waals surface area contributed by atoms with E-state index in [1.807, 2.05) is 0 Å². The van der Waals surface area contributed by atoms with Crippen LogP contribution in [0.2, 0.25) is 0 Å². The van der Waals surface area contributed by atoms with E-state index in [4.69, 9.17) is 14.2 Å². The van der Waals surface area contributed by atoms with Crippen molar-refractivity contribution in [1.82, 2.24) is 24.6 Å². The van der Waals surface area contributed by atoms with E-state index in [0.29, 0.717) is 38.5 Å². The summed E-state index contributed by atoms with van der Waals surface area (Å²) in [6.07, 6.45) is -3.72.